The molecule has 3 rings (SSSR count). The number of hydrogen-bond donors (Lipinski definition) is 3. The molecule has 0 aliphatic carbocycles. The maximum Gasteiger partial charge on any atom is 0.347 e. The van der Waals surface area contributed by atoms with Crippen molar-refractivity contribution in [1.82, 2.24) is 20.3 Å². The van der Waals surface area contributed by atoms with Crippen molar-refractivity contribution in [3.05, 3.63) is 25.8 Å². The number of nitrogens with zero attached hydrogens (tertiary/aromatic N) is 3. The lowest BCUT2D eigenvalue weighted by Gasteiger charge is -2.37. The summed E-state index contributed by atoms with van der Waals surface area (Å²) in [4.78, 5) is 37.8. The highest BCUT2D eigenvalue weighted by molar-refractivity contribution is 14.1. The fourth-order valence-electron chi connectivity index (χ4n) is 3.18. The van der Waals surface area contributed by atoms with Crippen LogP contribution in [0.3, 0.4) is 0 Å². The molecular weight excluding hydrogens is 497 g/mol. The van der Waals surface area contributed by atoms with E-state index in [9.17, 15) is 14.7 Å². The van der Waals surface area contributed by atoms with Crippen LogP contribution in [-0.2, 0) is 11.2 Å². The number of methoxy groups -OCH3 is 1. The fraction of sp³-hybridized carbons (Fsp3) is 0.529. The van der Waals surface area contributed by atoms with Crippen LogP contribution >= 0.6 is 33.9 Å². The minimum Gasteiger partial charge on any atom is -0.477 e. The largest absolute Gasteiger partial charge is 0.477 e. The number of piperidine rings is 1. The number of nitrogens with one attached hydrogen (secondary N) is 2. The molecule has 2 atom stereocenters. The highest BCUT2D eigenvalue weighted by Gasteiger charge is 2.33. The van der Waals surface area contributed by atoms with Crippen LogP contribution in [0.1, 0.15) is 45.0 Å². The van der Waals surface area contributed by atoms with Crippen molar-refractivity contribution in [2.45, 2.75) is 38.8 Å². The van der Waals surface area contributed by atoms with Gasteiger partial charge in [0.25, 0.3) is 5.91 Å². The van der Waals surface area contributed by atoms with E-state index in [0.29, 0.717) is 36.2 Å². The summed E-state index contributed by atoms with van der Waals surface area (Å²) in [6, 6.07) is -0.165. The first-order valence-electron chi connectivity index (χ1n) is 8.87. The number of carbonyl (C=O) groups excluding carboxylic acids is 1. The molecule has 28 heavy (non-hydrogen) atoms. The monoisotopic (exact) mass is 519 g/mol. The molecule has 1 aliphatic rings. The molecule has 0 aromatic carbocycles. The van der Waals surface area contributed by atoms with Gasteiger partial charge in [-0.25, -0.2) is 14.8 Å². The Morgan fingerprint density at radius 2 is 2.21 bits per heavy atom. The van der Waals surface area contributed by atoms with Gasteiger partial charge in [-0.05, 0) is 42.4 Å². The summed E-state index contributed by atoms with van der Waals surface area (Å²) >= 11 is 3.28. The third-order valence-corrected chi connectivity index (χ3v) is 6.82. The lowest BCUT2D eigenvalue weighted by atomic mass is 10.0. The number of aromatic amines is 1. The summed E-state index contributed by atoms with van der Waals surface area (Å²) in [5.74, 6) is -0.914. The lowest BCUT2D eigenvalue weighted by Crippen LogP contribution is -2.55. The minimum absolute atomic E-state index is 0.165. The maximum absolute atomic E-state index is 12.6. The summed E-state index contributed by atoms with van der Waals surface area (Å²) in [5, 5.41) is 12.9. The zero-order valence-corrected chi connectivity index (χ0v) is 18.8. The summed E-state index contributed by atoms with van der Waals surface area (Å²) in [6.45, 7) is 4.86. The van der Waals surface area contributed by atoms with Crippen LogP contribution in [-0.4, -0.2) is 64.3 Å². The number of imidazole rings is 1. The average Bonchev–Trinajstić information content (AvgIpc) is 3.24. The van der Waals surface area contributed by atoms with Crippen molar-refractivity contribution >= 4 is 50.9 Å². The SMILES string of the molecule is CCc1[nH]c(C(=O)NC2CCN(c3nc(C)c(C(=O)O)s3)CC2OC)nc1I. The van der Waals surface area contributed by atoms with Crippen LogP contribution in [0.15, 0.2) is 0 Å². The number of aryl methyl sites for hydroxylation is 2. The third kappa shape index (κ3) is 4.30. The third-order valence-electron chi connectivity index (χ3n) is 4.73. The Kier molecular flexibility index (Phi) is 6.55. The van der Waals surface area contributed by atoms with Crippen LogP contribution in [0.25, 0.3) is 0 Å². The fourth-order valence-corrected chi connectivity index (χ4v) is 4.87. The molecule has 0 radical (unpaired) electrons. The van der Waals surface area contributed by atoms with Gasteiger partial charge in [-0.3, -0.25) is 4.79 Å². The number of H-pyrrole nitrogens is 1. The smallest absolute Gasteiger partial charge is 0.347 e. The molecule has 1 fully saturated rings. The van der Waals surface area contributed by atoms with Gasteiger partial charge in [0.2, 0.25) is 0 Å². The van der Waals surface area contributed by atoms with Gasteiger partial charge >= 0.3 is 5.97 Å². The van der Waals surface area contributed by atoms with Crippen molar-refractivity contribution in [2.24, 2.45) is 0 Å². The molecule has 9 nitrogen and oxygen atoms in total. The van der Waals surface area contributed by atoms with Crippen LogP contribution in [0.4, 0.5) is 5.13 Å². The van der Waals surface area contributed by atoms with E-state index in [4.69, 9.17) is 4.74 Å². The standard InChI is InChI=1S/C17H22IN5O4S/c1-4-9-13(18)22-14(20-9)15(24)21-10-5-6-23(7-11(10)27-3)17-19-8(2)12(28-17)16(25)26/h10-11H,4-7H2,1-3H3,(H,20,22)(H,21,24)(H,25,26). The number of rotatable bonds is 6. The van der Waals surface area contributed by atoms with Gasteiger partial charge < -0.3 is 25.0 Å². The number of ether oxygens (including phenoxy) is 1. The molecule has 1 saturated heterocycles. The van der Waals surface area contributed by atoms with Crippen molar-refractivity contribution in [3.63, 3.8) is 0 Å². The molecule has 2 unspecified atom stereocenters. The minimum atomic E-state index is -0.966. The predicted octanol–water partition coefficient (Wildman–Crippen LogP) is 2.06. The molecule has 3 heterocycles. The van der Waals surface area contributed by atoms with Crippen LogP contribution < -0.4 is 10.2 Å². The zero-order valence-electron chi connectivity index (χ0n) is 15.8. The number of aromatic nitrogens is 3. The Labute approximate surface area is 180 Å². The highest BCUT2D eigenvalue weighted by Crippen LogP contribution is 2.29. The Bertz CT molecular complexity index is 883. The molecule has 152 valence electrons. The first kappa shape index (κ1) is 21.0. The molecule has 2 aromatic rings. The Morgan fingerprint density at radius 3 is 2.79 bits per heavy atom. The quantitative estimate of drug-likeness (QED) is 0.500. The number of carboxylic acids is 1. The van der Waals surface area contributed by atoms with Crippen molar-refractivity contribution < 1.29 is 19.4 Å². The van der Waals surface area contributed by atoms with E-state index in [-0.39, 0.29) is 22.9 Å². The van der Waals surface area contributed by atoms with E-state index in [1.807, 2.05) is 11.8 Å². The second-order valence-corrected chi connectivity index (χ2v) is 8.51. The van der Waals surface area contributed by atoms with E-state index < -0.39 is 5.97 Å². The average molecular weight is 519 g/mol. The molecule has 0 bridgehead atoms. The first-order chi connectivity index (χ1) is 13.3. The summed E-state index contributed by atoms with van der Waals surface area (Å²) < 4.78 is 6.40. The Balaban J connectivity index is 1.68. The normalized spacial score (nSPS) is 19.6. The number of amides is 1. The van der Waals surface area contributed by atoms with Gasteiger partial charge in [0.05, 0.1) is 17.8 Å². The van der Waals surface area contributed by atoms with Crippen LogP contribution in [0, 0.1) is 10.6 Å². The molecule has 1 amide bonds. The summed E-state index contributed by atoms with van der Waals surface area (Å²) in [7, 11) is 1.61. The van der Waals surface area contributed by atoms with E-state index >= 15 is 0 Å². The number of aromatic carboxylic acids is 1. The molecule has 0 spiro atoms. The van der Waals surface area contributed by atoms with E-state index in [2.05, 4.69) is 42.9 Å². The molecule has 1 aliphatic heterocycles. The van der Waals surface area contributed by atoms with Gasteiger partial charge in [0.15, 0.2) is 11.0 Å². The number of carbonyl (C=O) groups is 2. The van der Waals surface area contributed by atoms with Gasteiger partial charge in [-0.2, -0.15) is 0 Å². The molecule has 11 heteroatoms. The second-order valence-electron chi connectivity index (χ2n) is 6.51. The predicted molar refractivity (Wildman–Crippen MR) is 113 cm³/mol. The van der Waals surface area contributed by atoms with E-state index in [0.717, 1.165) is 27.2 Å². The van der Waals surface area contributed by atoms with Crippen molar-refractivity contribution in [3.8, 4) is 0 Å². The Hall–Kier alpha value is -1.73. The van der Waals surface area contributed by atoms with Gasteiger partial charge in [0.1, 0.15) is 8.58 Å². The molecule has 2 aromatic heterocycles. The van der Waals surface area contributed by atoms with E-state index in [1.165, 1.54) is 0 Å². The van der Waals surface area contributed by atoms with E-state index in [1.54, 1.807) is 14.0 Å². The number of carboxylic acid groups (broad SMARTS) is 1. The van der Waals surface area contributed by atoms with Gasteiger partial charge in [0, 0.05) is 25.9 Å². The Morgan fingerprint density at radius 1 is 1.46 bits per heavy atom. The first-order valence-corrected chi connectivity index (χ1v) is 10.8. The lowest BCUT2D eigenvalue weighted by molar-refractivity contribution is 0.0538. The maximum atomic E-state index is 12.6. The van der Waals surface area contributed by atoms with Crippen molar-refractivity contribution in [1.29, 1.82) is 0 Å². The second kappa shape index (κ2) is 8.74. The van der Waals surface area contributed by atoms with Gasteiger partial charge in [-0.1, -0.05) is 18.3 Å². The van der Waals surface area contributed by atoms with Crippen LogP contribution in [0.2, 0.25) is 0 Å². The van der Waals surface area contributed by atoms with Crippen molar-refractivity contribution in [2.75, 3.05) is 25.1 Å². The molecule has 0 saturated carbocycles. The highest BCUT2D eigenvalue weighted by atomic mass is 127. The molecule has 3 N–H and O–H groups in total. The number of hydrogen-bond acceptors (Lipinski definition) is 7. The number of halogens is 1. The van der Waals surface area contributed by atoms with Gasteiger partial charge in [-0.15, -0.1) is 0 Å². The summed E-state index contributed by atoms with van der Waals surface area (Å²) in [5.41, 5.74) is 1.45. The topological polar surface area (TPSA) is 120 Å². The number of anilines is 1. The molecular formula is C17H22IN5O4S. The zero-order chi connectivity index (χ0) is 20.4. The summed E-state index contributed by atoms with van der Waals surface area (Å²) in [6.07, 6.45) is 1.20. The van der Waals surface area contributed by atoms with Crippen LogP contribution in [0.5, 0.6) is 0 Å². The number of thiazole rings is 1.